The maximum absolute atomic E-state index is 12.1. The summed E-state index contributed by atoms with van der Waals surface area (Å²) in [4.78, 5) is 16.4. The first kappa shape index (κ1) is 18.1. The van der Waals surface area contributed by atoms with Crippen LogP contribution in [-0.2, 0) is 0 Å². The molecule has 6 heteroatoms. The third kappa shape index (κ3) is 4.68. The molecule has 0 aliphatic rings. The van der Waals surface area contributed by atoms with Crippen molar-refractivity contribution in [1.29, 1.82) is 0 Å². The van der Waals surface area contributed by atoms with Gasteiger partial charge in [0.15, 0.2) is 0 Å². The Kier molecular flexibility index (Phi) is 5.99. The van der Waals surface area contributed by atoms with Gasteiger partial charge < -0.3 is 15.7 Å². The average molecular weight is 412 g/mol. The number of aromatic nitrogens is 1. The topological polar surface area (TPSA) is 74.2 Å². The molecule has 26 heavy (non-hydrogen) atoms. The number of carbonyl (C=O) groups is 1. The lowest BCUT2D eigenvalue weighted by molar-refractivity contribution is 0.0945. The van der Waals surface area contributed by atoms with Gasteiger partial charge in [0.2, 0.25) is 0 Å². The van der Waals surface area contributed by atoms with Gasteiger partial charge >= 0.3 is 0 Å². The first-order chi connectivity index (χ1) is 12.7. The minimum absolute atomic E-state index is 0.0847. The minimum Gasteiger partial charge on any atom is -0.395 e. The van der Waals surface area contributed by atoms with Crippen LogP contribution in [0.2, 0.25) is 0 Å². The minimum atomic E-state index is -0.211. The maximum atomic E-state index is 12.1. The van der Waals surface area contributed by atoms with Crippen molar-refractivity contribution in [3.05, 3.63) is 77.0 Å². The van der Waals surface area contributed by atoms with E-state index in [0.717, 1.165) is 27.0 Å². The van der Waals surface area contributed by atoms with E-state index in [2.05, 4.69) is 31.5 Å². The summed E-state index contributed by atoms with van der Waals surface area (Å²) in [7, 11) is 0. The van der Waals surface area contributed by atoms with E-state index in [-0.39, 0.29) is 19.1 Å². The van der Waals surface area contributed by atoms with Crippen LogP contribution in [0.3, 0.4) is 0 Å². The molecular weight excluding hydrogens is 394 g/mol. The summed E-state index contributed by atoms with van der Waals surface area (Å²) in [5.41, 5.74) is 4.15. The van der Waals surface area contributed by atoms with E-state index < -0.39 is 0 Å². The smallest absolute Gasteiger partial charge is 0.251 e. The molecule has 0 spiro atoms. The first-order valence-corrected chi connectivity index (χ1v) is 8.92. The molecule has 1 aromatic heterocycles. The normalized spacial score (nSPS) is 10.4. The molecule has 5 nitrogen and oxygen atoms in total. The summed E-state index contributed by atoms with van der Waals surface area (Å²) >= 11 is 3.46. The highest BCUT2D eigenvalue weighted by Gasteiger charge is 2.07. The molecule has 1 heterocycles. The zero-order valence-electron chi connectivity index (χ0n) is 13.9. The largest absolute Gasteiger partial charge is 0.395 e. The molecular formula is C20H18BrN3O2. The summed E-state index contributed by atoms with van der Waals surface area (Å²) in [6, 6.07) is 17.2. The Labute approximate surface area is 160 Å². The molecule has 2 aromatic carbocycles. The molecule has 0 aliphatic carbocycles. The van der Waals surface area contributed by atoms with E-state index in [1.54, 1.807) is 18.5 Å². The fraction of sp³-hybridized carbons (Fsp3) is 0.100. The summed E-state index contributed by atoms with van der Waals surface area (Å²) in [6.45, 7) is 0.148. The van der Waals surface area contributed by atoms with Gasteiger partial charge in [0, 0.05) is 34.0 Å². The standard InChI is InChI=1S/C20H18BrN3O2/c21-17-5-2-6-18(11-17)24-19-10-16(12-22-13-19)14-3-1-4-15(9-14)20(26)23-7-8-25/h1-6,9-13,24-25H,7-8H2,(H,23,26). The zero-order valence-corrected chi connectivity index (χ0v) is 15.5. The van der Waals surface area contributed by atoms with Gasteiger partial charge in [-0.25, -0.2) is 0 Å². The second-order valence-corrected chi connectivity index (χ2v) is 6.57. The fourth-order valence-corrected chi connectivity index (χ4v) is 2.91. The predicted molar refractivity (Wildman–Crippen MR) is 107 cm³/mol. The molecule has 0 atom stereocenters. The van der Waals surface area contributed by atoms with Crippen LogP contribution in [0.25, 0.3) is 11.1 Å². The Bertz CT molecular complexity index is 915. The number of nitrogens with zero attached hydrogens (tertiary/aromatic N) is 1. The lowest BCUT2D eigenvalue weighted by Crippen LogP contribution is -2.26. The molecule has 1 amide bonds. The molecule has 0 saturated carbocycles. The van der Waals surface area contributed by atoms with Gasteiger partial charge in [0.1, 0.15) is 0 Å². The summed E-state index contributed by atoms with van der Waals surface area (Å²) in [5, 5.41) is 14.8. The molecule has 0 fully saturated rings. The van der Waals surface area contributed by atoms with E-state index >= 15 is 0 Å². The second kappa shape index (κ2) is 8.60. The SMILES string of the molecule is O=C(NCCO)c1cccc(-c2cncc(Nc3cccc(Br)c3)c2)c1. The van der Waals surface area contributed by atoms with Gasteiger partial charge in [-0.05, 0) is 42.0 Å². The molecule has 0 radical (unpaired) electrons. The van der Waals surface area contributed by atoms with Crippen molar-refractivity contribution in [2.45, 2.75) is 0 Å². The third-order valence-corrected chi connectivity index (χ3v) is 4.20. The van der Waals surface area contributed by atoms with Crippen LogP contribution in [0, 0.1) is 0 Å². The Hall–Kier alpha value is -2.70. The number of rotatable bonds is 6. The Balaban J connectivity index is 1.82. The third-order valence-electron chi connectivity index (χ3n) is 3.71. The van der Waals surface area contributed by atoms with Crippen LogP contribution in [0.1, 0.15) is 10.4 Å². The van der Waals surface area contributed by atoms with Crippen molar-refractivity contribution in [3.8, 4) is 11.1 Å². The van der Waals surface area contributed by atoms with Crippen molar-refractivity contribution >= 4 is 33.2 Å². The lowest BCUT2D eigenvalue weighted by Gasteiger charge is -2.10. The molecule has 0 unspecified atom stereocenters. The highest BCUT2D eigenvalue weighted by Crippen LogP contribution is 2.25. The van der Waals surface area contributed by atoms with Crippen molar-refractivity contribution in [3.63, 3.8) is 0 Å². The Morgan fingerprint density at radius 2 is 1.85 bits per heavy atom. The van der Waals surface area contributed by atoms with Gasteiger partial charge in [0.25, 0.3) is 5.91 Å². The van der Waals surface area contributed by atoms with Crippen molar-refractivity contribution in [2.24, 2.45) is 0 Å². The molecule has 132 valence electrons. The molecule has 0 bridgehead atoms. The number of amides is 1. The number of aliphatic hydroxyl groups is 1. The quantitative estimate of drug-likeness (QED) is 0.573. The summed E-state index contributed by atoms with van der Waals surface area (Å²) in [5.74, 6) is -0.211. The number of halogens is 1. The van der Waals surface area contributed by atoms with Crippen molar-refractivity contribution in [1.82, 2.24) is 10.3 Å². The Morgan fingerprint density at radius 1 is 1.00 bits per heavy atom. The van der Waals surface area contributed by atoms with Gasteiger partial charge in [-0.15, -0.1) is 0 Å². The van der Waals surface area contributed by atoms with Crippen molar-refractivity contribution < 1.29 is 9.90 Å². The van der Waals surface area contributed by atoms with E-state index in [1.165, 1.54) is 0 Å². The number of anilines is 2. The van der Waals surface area contributed by atoms with Crippen LogP contribution in [0.15, 0.2) is 71.5 Å². The number of benzene rings is 2. The van der Waals surface area contributed by atoms with Crippen LogP contribution in [0.4, 0.5) is 11.4 Å². The van der Waals surface area contributed by atoms with Crippen LogP contribution in [0.5, 0.6) is 0 Å². The summed E-state index contributed by atoms with van der Waals surface area (Å²) in [6.07, 6.45) is 3.51. The molecule has 3 rings (SSSR count). The van der Waals surface area contributed by atoms with E-state index in [0.29, 0.717) is 5.56 Å². The molecule has 0 saturated heterocycles. The Morgan fingerprint density at radius 3 is 2.65 bits per heavy atom. The number of carbonyl (C=O) groups excluding carboxylic acids is 1. The number of hydrogen-bond acceptors (Lipinski definition) is 4. The maximum Gasteiger partial charge on any atom is 0.251 e. The summed E-state index contributed by atoms with van der Waals surface area (Å²) < 4.78 is 0.994. The molecule has 3 aromatic rings. The van der Waals surface area contributed by atoms with Gasteiger partial charge in [-0.2, -0.15) is 0 Å². The highest BCUT2D eigenvalue weighted by atomic mass is 79.9. The number of nitrogens with one attached hydrogen (secondary N) is 2. The lowest BCUT2D eigenvalue weighted by atomic mass is 10.0. The zero-order chi connectivity index (χ0) is 18.4. The second-order valence-electron chi connectivity index (χ2n) is 5.66. The number of pyridine rings is 1. The fourth-order valence-electron chi connectivity index (χ4n) is 2.51. The van der Waals surface area contributed by atoms with Crippen LogP contribution in [-0.4, -0.2) is 29.1 Å². The average Bonchev–Trinajstić information content (AvgIpc) is 2.66. The predicted octanol–water partition coefficient (Wildman–Crippen LogP) is 3.98. The first-order valence-electron chi connectivity index (χ1n) is 8.13. The van der Waals surface area contributed by atoms with E-state index in [4.69, 9.17) is 5.11 Å². The molecule has 0 aliphatic heterocycles. The van der Waals surface area contributed by atoms with Crippen LogP contribution < -0.4 is 10.6 Å². The van der Waals surface area contributed by atoms with Gasteiger partial charge in [-0.3, -0.25) is 9.78 Å². The van der Waals surface area contributed by atoms with Crippen molar-refractivity contribution in [2.75, 3.05) is 18.5 Å². The number of hydrogen-bond donors (Lipinski definition) is 3. The monoisotopic (exact) mass is 411 g/mol. The van der Waals surface area contributed by atoms with Gasteiger partial charge in [-0.1, -0.05) is 34.1 Å². The van der Waals surface area contributed by atoms with Gasteiger partial charge in [0.05, 0.1) is 18.5 Å². The van der Waals surface area contributed by atoms with E-state index in [9.17, 15) is 4.79 Å². The van der Waals surface area contributed by atoms with E-state index in [1.807, 2.05) is 48.5 Å². The van der Waals surface area contributed by atoms with Crippen LogP contribution >= 0.6 is 15.9 Å². The number of aliphatic hydroxyl groups excluding tert-OH is 1. The highest BCUT2D eigenvalue weighted by molar-refractivity contribution is 9.10. The molecule has 3 N–H and O–H groups in total.